The zero-order valence-electron chi connectivity index (χ0n) is 11.3. The van der Waals surface area contributed by atoms with Gasteiger partial charge in [-0.15, -0.1) is 0 Å². The van der Waals surface area contributed by atoms with Crippen LogP contribution in [0.15, 0.2) is 42.5 Å². The van der Waals surface area contributed by atoms with Crippen molar-refractivity contribution >= 4 is 22.3 Å². The lowest BCUT2D eigenvalue weighted by atomic mass is 10.1. The van der Waals surface area contributed by atoms with Crippen molar-refractivity contribution in [1.29, 1.82) is 0 Å². The van der Waals surface area contributed by atoms with Gasteiger partial charge in [0.05, 0.1) is 12.0 Å². The van der Waals surface area contributed by atoms with Gasteiger partial charge in [-0.25, -0.2) is 4.79 Å². The van der Waals surface area contributed by atoms with E-state index < -0.39 is 16.9 Å². The number of hydrogen-bond donors (Lipinski definition) is 1. The third kappa shape index (κ3) is 3.87. The Balaban J connectivity index is 2.09. The first-order valence-corrected chi connectivity index (χ1v) is 7.02. The van der Waals surface area contributed by atoms with Gasteiger partial charge in [-0.1, -0.05) is 41.7 Å². The molecule has 110 valence electrons. The van der Waals surface area contributed by atoms with E-state index in [9.17, 15) is 14.9 Å². The van der Waals surface area contributed by atoms with Gasteiger partial charge >= 0.3 is 11.0 Å². The molecule has 0 amide bonds. The minimum Gasteiger partial charge on any atom is -0.468 e. The molecule has 1 N–H and O–H groups in total. The Morgan fingerprint density at radius 1 is 1.33 bits per heavy atom. The second kappa shape index (κ2) is 6.96. The number of thiophene rings is 1. The average molecular weight is 306 g/mol. The Hall–Kier alpha value is -2.25. The van der Waals surface area contributed by atoms with E-state index in [0.29, 0.717) is 6.54 Å². The van der Waals surface area contributed by atoms with E-state index in [2.05, 4.69) is 5.32 Å². The van der Waals surface area contributed by atoms with Crippen LogP contribution in [0.1, 0.15) is 16.5 Å². The number of nitrogens with zero attached hydrogens (tertiary/aromatic N) is 1. The lowest BCUT2D eigenvalue weighted by Gasteiger charge is -2.16. The van der Waals surface area contributed by atoms with Gasteiger partial charge in [0, 0.05) is 17.5 Å². The van der Waals surface area contributed by atoms with Crippen molar-refractivity contribution in [3.8, 4) is 0 Å². The van der Waals surface area contributed by atoms with Gasteiger partial charge in [0.2, 0.25) is 0 Å². The number of benzene rings is 1. The van der Waals surface area contributed by atoms with Crippen molar-refractivity contribution in [1.82, 2.24) is 5.32 Å². The van der Waals surface area contributed by atoms with Crippen molar-refractivity contribution in [2.75, 3.05) is 7.11 Å². The van der Waals surface area contributed by atoms with Gasteiger partial charge in [0.25, 0.3) is 0 Å². The molecule has 2 rings (SSSR count). The maximum Gasteiger partial charge on any atom is 0.327 e. The summed E-state index contributed by atoms with van der Waals surface area (Å²) in [6, 6.07) is 11.7. The van der Waals surface area contributed by atoms with Crippen LogP contribution in [0.2, 0.25) is 0 Å². The molecule has 0 saturated heterocycles. The molecule has 0 saturated carbocycles. The van der Waals surface area contributed by atoms with Gasteiger partial charge in [-0.05, 0) is 11.6 Å². The highest BCUT2D eigenvalue weighted by molar-refractivity contribution is 7.15. The number of esters is 1. The minimum absolute atomic E-state index is 0.0844. The average Bonchev–Trinajstić information content (AvgIpc) is 2.97. The zero-order valence-corrected chi connectivity index (χ0v) is 12.1. The fourth-order valence-corrected chi connectivity index (χ4v) is 2.63. The van der Waals surface area contributed by atoms with Crippen molar-refractivity contribution in [2.45, 2.75) is 12.6 Å². The number of ether oxygens (including phenoxy) is 1. The Kier molecular flexibility index (Phi) is 5.02. The Labute approximate surface area is 125 Å². The van der Waals surface area contributed by atoms with Crippen LogP contribution in [0, 0.1) is 10.1 Å². The molecule has 0 fully saturated rings. The number of methoxy groups -OCH3 is 1. The van der Waals surface area contributed by atoms with Crippen molar-refractivity contribution in [2.24, 2.45) is 0 Å². The van der Waals surface area contributed by atoms with Gasteiger partial charge in [0.15, 0.2) is 0 Å². The van der Waals surface area contributed by atoms with Crippen LogP contribution in [-0.2, 0) is 16.1 Å². The summed E-state index contributed by atoms with van der Waals surface area (Å²) in [5, 5.41) is 13.8. The molecule has 0 aliphatic heterocycles. The monoisotopic (exact) mass is 306 g/mol. The van der Waals surface area contributed by atoms with Crippen molar-refractivity contribution in [3.05, 3.63) is 63.0 Å². The second-order valence-electron chi connectivity index (χ2n) is 4.24. The number of carbonyl (C=O) groups is 1. The topological polar surface area (TPSA) is 81.5 Å². The molecule has 2 aromatic rings. The normalized spacial score (nSPS) is 11.9. The molecule has 1 heterocycles. The first kappa shape index (κ1) is 15.1. The highest BCUT2D eigenvalue weighted by Crippen LogP contribution is 2.24. The fourth-order valence-electron chi connectivity index (χ4n) is 1.86. The number of hydrogen-bond acceptors (Lipinski definition) is 6. The van der Waals surface area contributed by atoms with Crippen LogP contribution in [0.25, 0.3) is 0 Å². The smallest absolute Gasteiger partial charge is 0.327 e. The molecule has 0 spiro atoms. The number of rotatable bonds is 6. The van der Waals surface area contributed by atoms with Gasteiger partial charge in [0.1, 0.15) is 6.04 Å². The molecular weight excluding hydrogens is 292 g/mol. The molecular formula is C14H14N2O4S. The summed E-state index contributed by atoms with van der Waals surface area (Å²) in [5.41, 5.74) is 0.787. The van der Waals surface area contributed by atoms with E-state index in [0.717, 1.165) is 21.8 Å². The van der Waals surface area contributed by atoms with Gasteiger partial charge < -0.3 is 4.74 Å². The maximum atomic E-state index is 11.9. The summed E-state index contributed by atoms with van der Waals surface area (Å²) in [7, 11) is 1.33. The lowest BCUT2D eigenvalue weighted by Crippen LogP contribution is -2.29. The van der Waals surface area contributed by atoms with E-state index in [-0.39, 0.29) is 5.00 Å². The van der Waals surface area contributed by atoms with E-state index >= 15 is 0 Å². The van der Waals surface area contributed by atoms with Crippen LogP contribution < -0.4 is 5.32 Å². The molecule has 1 unspecified atom stereocenters. The third-order valence-corrected chi connectivity index (χ3v) is 3.91. The molecule has 0 aliphatic rings. The number of nitro groups is 1. The van der Waals surface area contributed by atoms with Gasteiger partial charge in [-0.2, -0.15) is 0 Å². The molecule has 1 aromatic carbocycles. The highest BCUT2D eigenvalue weighted by atomic mass is 32.1. The Morgan fingerprint density at radius 2 is 2.05 bits per heavy atom. The van der Waals surface area contributed by atoms with E-state index in [1.165, 1.54) is 13.2 Å². The number of nitrogens with one attached hydrogen (secondary N) is 1. The fraction of sp³-hybridized carbons (Fsp3) is 0.214. The van der Waals surface area contributed by atoms with Crippen LogP contribution in [0.3, 0.4) is 0 Å². The molecule has 1 aromatic heterocycles. The van der Waals surface area contributed by atoms with E-state index in [4.69, 9.17) is 4.74 Å². The minimum atomic E-state index is -0.600. The van der Waals surface area contributed by atoms with Crippen LogP contribution in [0.4, 0.5) is 5.00 Å². The summed E-state index contributed by atoms with van der Waals surface area (Å²) in [6.07, 6.45) is 0. The lowest BCUT2D eigenvalue weighted by molar-refractivity contribution is -0.380. The molecule has 1 atom stereocenters. The molecule has 0 bridgehead atoms. The standard InChI is InChI=1S/C14H14N2O4S/c1-20-14(17)13(10-5-3-2-4-6-10)15-9-11-7-8-12(21-11)16(18)19/h2-8,13,15H,9H2,1H3. The maximum absolute atomic E-state index is 11.9. The van der Waals surface area contributed by atoms with E-state index in [1.807, 2.05) is 30.3 Å². The molecule has 0 radical (unpaired) electrons. The van der Waals surface area contributed by atoms with Crippen LogP contribution in [-0.4, -0.2) is 18.0 Å². The first-order valence-electron chi connectivity index (χ1n) is 6.21. The summed E-state index contributed by atoms with van der Waals surface area (Å²) < 4.78 is 4.79. The SMILES string of the molecule is COC(=O)C(NCc1ccc([N+](=O)[O-])s1)c1ccccc1. The second-order valence-corrected chi connectivity index (χ2v) is 5.39. The molecule has 6 nitrogen and oxygen atoms in total. The zero-order chi connectivity index (χ0) is 15.2. The molecule has 7 heteroatoms. The summed E-state index contributed by atoms with van der Waals surface area (Å²) in [4.78, 5) is 22.9. The number of carbonyl (C=O) groups excluding carboxylic acids is 1. The predicted molar refractivity (Wildman–Crippen MR) is 79.0 cm³/mol. The Bertz CT molecular complexity index is 627. The summed E-state index contributed by atoms with van der Waals surface area (Å²) in [6.45, 7) is 0.354. The predicted octanol–water partition coefficient (Wildman–Crippen LogP) is 2.66. The third-order valence-electron chi connectivity index (χ3n) is 2.88. The quantitative estimate of drug-likeness (QED) is 0.504. The van der Waals surface area contributed by atoms with Crippen LogP contribution in [0.5, 0.6) is 0 Å². The molecule has 21 heavy (non-hydrogen) atoms. The van der Waals surface area contributed by atoms with E-state index in [1.54, 1.807) is 6.07 Å². The van der Waals surface area contributed by atoms with Gasteiger partial charge in [-0.3, -0.25) is 15.4 Å². The Morgan fingerprint density at radius 3 is 2.62 bits per heavy atom. The largest absolute Gasteiger partial charge is 0.468 e. The van der Waals surface area contributed by atoms with Crippen molar-refractivity contribution < 1.29 is 14.5 Å². The van der Waals surface area contributed by atoms with Crippen LogP contribution >= 0.6 is 11.3 Å². The summed E-state index contributed by atoms with van der Waals surface area (Å²) >= 11 is 1.08. The summed E-state index contributed by atoms with van der Waals surface area (Å²) in [5.74, 6) is -0.396. The van der Waals surface area contributed by atoms with Crippen molar-refractivity contribution in [3.63, 3.8) is 0 Å². The highest BCUT2D eigenvalue weighted by Gasteiger charge is 2.21. The molecule has 0 aliphatic carbocycles. The first-order chi connectivity index (χ1) is 10.1.